The molecule has 0 aromatic rings. The van der Waals surface area contributed by atoms with E-state index in [1.54, 1.807) is 6.08 Å². The van der Waals surface area contributed by atoms with Crippen LogP contribution in [0, 0.1) is 0 Å². The number of rotatable bonds is 1. The van der Waals surface area contributed by atoms with Crippen LogP contribution in [0.1, 0.15) is 48.0 Å². The summed E-state index contributed by atoms with van der Waals surface area (Å²) in [6.07, 6.45) is 5.60. The van der Waals surface area contributed by atoms with Crippen LogP contribution in [0.5, 0.6) is 0 Å². The summed E-state index contributed by atoms with van der Waals surface area (Å²) in [4.78, 5) is 0. The van der Waals surface area contributed by atoms with E-state index in [-0.39, 0.29) is 18.2 Å². The van der Waals surface area contributed by atoms with Gasteiger partial charge in [-0.2, -0.15) is 0 Å². The normalized spacial score (nSPS) is 22.5. The molecule has 0 N–H and O–H groups in total. The highest BCUT2D eigenvalue weighted by Gasteiger charge is 2.36. The molecule has 2 heteroatoms. The monoisotopic (exact) mass is 242 g/mol. The quantitative estimate of drug-likeness (QED) is 0.551. The molecule has 0 saturated carbocycles. The zero-order valence-corrected chi connectivity index (χ0v) is 12.2. The van der Waals surface area contributed by atoms with Gasteiger partial charge in [0.15, 0.2) is 0 Å². The molecular weight excluding hydrogens is 218 g/mol. The van der Waals surface area contributed by atoms with Gasteiger partial charge in [0.05, 0.1) is 0 Å². The molecular formula is C14H24FP. The number of halogens is 1. The summed E-state index contributed by atoms with van der Waals surface area (Å²) in [6.45, 7) is 13.8. The largest absolute Gasteiger partial charge is 0.243 e. The number of hydrogen-bond acceptors (Lipinski definition) is 0. The lowest BCUT2D eigenvalue weighted by Crippen LogP contribution is -2.26. The van der Waals surface area contributed by atoms with Crippen molar-refractivity contribution in [2.75, 3.05) is 0 Å². The summed E-state index contributed by atoms with van der Waals surface area (Å²) in [5.74, 6) is 0. The predicted octanol–water partition coefficient (Wildman–Crippen LogP) is 5.25. The molecule has 0 heterocycles. The lowest BCUT2D eigenvalue weighted by Gasteiger charge is -2.43. The van der Waals surface area contributed by atoms with Gasteiger partial charge in [-0.25, -0.2) is 4.39 Å². The Labute approximate surface area is 101 Å². The van der Waals surface area contributed by atoms with E-state index in [1.807, 2.05) is 6.08 Å². The molecule has 0 aromatic heterocycles. The van der Waals surface area contributed by atoms with Crippen molar-refractivity contribution < 1.29 is 4.39 Å². The Bertz CT molecular complexity index is 288. The van der Waals surface area contributed by atoms with Gasteiger partial charge in [-0.3, -0.25) is 0 Å². The minimum atomic E-state index is -0.777. The van der Waals surface area contributed by atoms with Crippen LogP contribution >= 0.6 is 7.92 Å². The standard InChI is InChI=1S/C14H24FP/c1-13(2,3)16(14(4,5)6)12-9-7-11(15)8-10-12/h7,9-11H,8H2,1-6H3/t11-/m1/s1. The Kier molecular flexibility index (Phi) is 4.00. The highest BCUT2D eigenvalue weighted by atomic mass is 31.1. The van der Waals surface area contributed by atoms with Crippen LogP contribution in [-0.2, 0) is 0 Å². The molecule has 0 fully saturated rings. The molecule has 0 spiro atoms. The van der Waals surface area contributed by atoms with Crippen LogP contribution in [0.3, 0.4) is 0 Å². The fraction of sp³-hybridized carbons (Fsp3) is 0.714. The number of allylic oxidation sites excluding steroid dienone is 4. The third-order valence-electron chi connectivity index (χ3n) is 2.63. The van der Waals surface area contributed by atoms with Crippen molar-refractivity contribution in [1.29, 1.82) is 0 Å². The first-order chi connectivity index (χ1) is 7.12. The van der Waals surface area contributed by atoms with E-state index >= 15 is 0 Å². The van der Waals surface area contributed by atoms with Gasteiger partial charge in [-0.15, -0.1) is 0 Å². The Morgan fingerprint density at radius 2 is 1.62 bits per heavy atom. The Hall–Kier alpha value is -0.160. The molecule has 1 rings (SSSR count). The molecule has 0 unspecified atom stereocenters. The Morgan fingerprint density at radius 3 is 1.94 bits per heavy atom. The average molecular weight is 242 g/mol. The third kappa shape index (κ3) is 3.42. The van der Waals surface area contributed by atoms with Gasteiger partial charge >= 0.3 is 0 Å². The molecule has 0 nitrogen and oxygen atoms in total. The van der Waals surface area contributed by atoms with E-state index in [9.17, 15) is 4.39 Å². The van der Waals surface area contributed by atoms with Gasteiger partial charge < -0.3 is 0 Å². The van der Waals surface area contributed by atoms with Crippen molar-refractivity contribution in [1.82, 2.24) is 0 Å². The van der Waals surface area contributed by atoms with Crippen molar-refractivity contribution in [3.8, 4) is 0 Å². The van der Waals surface area contributed by atoms with E-state index in [4.69, 9.17) is 0 Å². The van der Waals surface area contributed by atoms with Crippen LogP contribution < -0.4 is 0 Å². The third-order valence-corrected chi connectivity index (χ3v) is 6.16. The smallest absolute Gasteiger partial charge is 0.122 e. The maximum atomic E-state index is 13.1. The first-order valence-corrected chi connectivity index (χ1v) is 7.29. The molecule has 0 aromatic carbocycles. The lowest BCUT2D eigenvalue weighted by molar-refractivity contribution is 0.401. The van der Waals surface area contributed by atoms with Gasteiger partial charge in [0, 0.05) is 6.42 Å². The molecule has 92 valence electrons. The van der Waals surface area contributed by atoms with E-state index in [2.05, 4.69) is 47.6 Å². The van der Waals surface area contributed by atoms with Gasteiger partial charge in [0.2, 0.25) is 0 Å². The van der Waals surface area contributed by atoms with Gasteiger partial charge in [-0.1, -0.05) is 61.6 Å². The lowest BCUT2D eigenvalue weighted by atomic mass is 10.2. The Balaban J connectivity index is 3.01. The van der Waals surface area contributed by atoms with Crippen LogP contribution in [0.15, 0.2) is 23.5 Å². The van der Waals surface area contributed by atoms with Crippen LogP contribution in [0.25, 0.3) is 0 Å². The Morgan fingerprint density at radius 1 is 1.12 bits per heavy atom. The van der Waals surface area contributed by atoms with Crippen molar-refractivity contribution >= 4 is 7.92 Å². The SMILES string of the molecule is CC(C)(C)P(C1=CC[C@H](F)C=C1)C(C)(C)C. The first-order valence-electron chi connectivity index (χ1n) is 5.95. The van der Waals surface area contributed by atoms with Crippen molar-refractivity contribution in [2.45, 2.75) is 64.4 Å². The topological polar surface area (TPSA) is 0 Å². The maximum absolute atomic E-state index is 13.1. The first kappa shape index (κ1) is 13.9. The fourth-order valence-corrected chi connectivity index (χ4v) is 6.61. The van der Waals surface area contributed by atoms with E-state index in [0.29, 0.717) is 6.42 Å². The highest BCUT2D eigenvalue weighted by molar-refractivity contribution is 7.65. The second kappa shape index (κ2) is 4.61. The summed E-state index contributed by atoms with van der Waals surface area (Å²) >= 11 is 0. The number of hydrogen-bond donors (Lipinski definition) is 0. The summed E-state index contributed by atoms with van der Waals surface area (Å²) in [7, 11) is -0.272. The van der Waals surface area contributed by atoms with Crippen molar-refractivity contribution in [2.24, 2.45) is 0 Å². The van der Waals surface area contributed by atoms with E-state index in [1.165, 1.54) is 5.31 Å². The van der Waals surface area contributed by atoms with Crippen molar-refractivity contribution in [3.63, 3.8) is 0 Å². The van der Waals surface area contributed by atoms with Crippen LogP contribution in [0.2, 0.25) is 0 Å². The molecule has 1 aliphatic carbocycles. The van der Waals surface area contributed by atoms with Gasteiger partial charge in [-0.05, 0) is 21.7 Å². The van der Waals surface area contributed by atoms with Crippen LogP contribution in [0.4, 0.5) is 4.39 Å². The second-order valence-corrected chi connectivity index (χ2v) is 10.3. The molecule has 0 amide bonds. The van der Waals surface area contributed by atoms with E-state index < -0.39 is 6.17 Å². The minimum absolute atomic E-state index is 0.271. The van der Waals surface area contributed by atoms with Gasteiger partial charge in [0.1, 0.15) is 6.17 Å². The molecule has 0 radical (unpaired) electrons. The van der Waals surface area contributed by atoms with Crippen molar-refractivity contribution in [3.05, 3.63) is 23.5 Å². The number of alkyl halides is 1. The highest BCUT2D eigenvalue weighted by Crippen LogP contribution is 2.65. The molecule has 0 saturated heterocycles. The zero-order valence-electron chi connectivity index (χ0n) is 11.3. The summed E-state index contributed by atoms with van der Waals surface area (Å²) in [6, 6.07) is 0. The molecule has 0 bridgehead atoms. The molecule has 16 heavy (non-hydrogen) atoms. The summed E-state index contributed by atoms with van der Waals surface area (Å²) in [5.41, 5.74) is 0. The zero-order chi connectivity index (χ0) is 12.6. The van der Waals surface area contributed by atoms with Gasteiger partial charge in [0.25, 0.3) is 0 Å². The summed E-state index contributed by atoms with van der Waals surface area (Å²) < 4.78 is 13.1. The average Bonchev–Trinajstić information content (AvgIpc) is 2.03. The summed E-state index contributed by atoms with van der Waals surface area (Å²) in [5, 5.41) is 1.91. The maximum Gasteiger partial charge on any atom is 0.122 e. The minimum Gasteiger partial charge on any atom is -0.243 e. The fourth-order valence-electron chi connectivity index (χ4n) is 2.53. The molecule has 1 atom stereocenters. The van der Waals surface area contributed by atoms with Crippen LogP contribution in [-0.4, -0.2) is 16.5 Å². The second-order valence-electron chi connectivity index (χ2n) is 6.42. The molecule has 0 aliphatic heterocycles. The predicted molar refractivity (Wildman–Crippen MR) is 73.2 cm³/mol. The molecule has 1 aliphatic rings. The van der Waals surface area contributed by atoms with E-state index in [0.717, 1.165) is 0 Å².